The summed E-state index contributed by atoms with van der Waals surface area (Å²) in [5, 5.41) is 0. The molecule has 73 heavy (non-hydrogen) atoms. The Kier molecular flexibility index (Phi) is 17.9. The van der Waals surface area contributed by atoms with Crippen LogP contribution in [0, 0.1) is 0 Å². The molecule has 0 N–H and O–H groups in total. The van der Waals surface area contributed by atoms with Crippen molar-refractivity contribution in [1.29, 1.82) is 0 Å². The van der Waals surface area contributed by atoms with Gasteiger partial charge in [-0.3, -0.25) is 0 Å². The number of rotatable bonds is 12. The van der Waals surface area contributed by atoms with Gasteiger partial charge in [0.25, 0.3) is 0 Å². The zero-order chi connectivity index (χ0) is 48.8. The van der Waals surface area contributed by atoms with Gasteiger partial charge in [-0.2, -0.15) is 0 Å². The topological polar surface area (TPSA) is 0 Å². The zero-order valence-electron chi connectivity index (χ0n) is 46.9. The molecule has 0 aliphatic heterocycles. The molecule has 0 spiro atoms. The predicted octanol–water partition coefficient (Wildman–Crippen LogP) is 23.2. The molecule has 398 valence electrons. The van der Waals surface area contributed by atoms with Gasteiger partial charge in [-0.25, -0.2) is 0 Å². The molecular formula is C72H105S+. The average Bonchev–Trinajstić information content (AvgIpc) is 3.49. The Morgan fingerprint density at radius 3 is 0.466 bits per heavy atom. The highest BCUT2D eigenvalue weighted by Gasteiger charge is 2.48. The molecule has 9 fully saturated rings. The highest BCUT2D eigenvalue weighted by molar-refractivity contribution is 7.97. The zero-order valence-corrected chi connectivity index (χ0v) is 47.7. The maximum Gasteiger partial charge on any atom is 0.173 e. The van der Waals surface area contributed by atoms with Crippen LogP contribution in [0.2, 0.25) is 0 Å². The lowest BCUT2D eigenvalue weighted by Gasteiger charge is -2.36. The summed E-state index contributed by atoms with van der Waals surface area (Å²) >= 11 is 0. The van der Waals surface area contributed by atoms with E-state index in [4.69, 9.17) is 0 Å². The number of hydrogen-bond acceptors (Lipinski definition) is 0. The van der Waals surface area contributed by atoms with Crippen LogP contribution in [0.15, 0.2) is 51.1 Å². The largest absolute Gasteiger partial charge is 0.173 e. The van der Waals surface area contributed by atoms with Gasteiger partial charge in [0.05, 0.1) is 0 Å². The van der Waals surface area contributed by atoms with Crippen molar-refractivity contribution in [1.82, 2.24) is 0 Å². The summed E-state index contributed by atoms with van der Waals surface area (Å²) in [7, 11) is -0.134. The minimum Gasteiger partial charge on any atom is -0.0533 e. The van der Waals surface area contributed by atoms with Gasteiger partial charge >= 0.3 is 0 Å². The molecule has 0 amide bonds. The van der Waals surface area contributed by atoms with Crippen LogP contribution in [-0.2, 0) is 10.9 Å². The Morgan fingerprint density at radius 1 is 0.178 bits per heavy atom. The second-order valence-electron chi connectivity index (χ2n) is 27.4. The molecule has 1 heteroatoms. The van der Waals surface area contributed by atoms with Crippen LogP contribution in [0.25, 0.3) is 0 Å². The van der Waals surface area contributed by atoms with Crippen molar-refractivity contribution in [2.75, 3.05) is 0 Å². The van der Waals surface area contributed by atoms with Gasteiger partial charge in [-0.1, -0.05) is 210 Å². The Bertz CT molecular complexity index is 1840. The fourth-order valence-corrected chi connectivity index (χ4v) is 21.8. The van der Waals surface area contributed by atoms with E-state index < -0.39 is 0 Å². The minimum atomic E-state index is -0.134. The van der Waals surface area contributed by atoms with Crippen molar-refractivity contribution < 1.29 is 0 Å². The van der Waals surface area contributed by atoms with E-state index in [0.717, 1.165) is 53.3 Å². The van der Waals surface area contributed by atoms with Gasteiger partial charge in [0.15, 0.2) is 14.7 Å². The predicted molar refractivity (Wildman–Crippen MR) is 314 cm³/mol. The molecule has 9 saturated carbocycles. The molecule has 9 aliphatic carbocycles. The Labute approximate surface area is 451 Å². The maximum atomic E-state index is 3.06. The standard InChI is InChI=1S/C72H105S/c1-10-28-52(29-11-1)61-46-64(55-34-16-4-17-35-55)70(65(47-61)56-36-18-5-19-37-56)73(71-66(57-38-20-6-21-39-57)48-62(53-30-12-2-13-31-53)49-67(71)58-40-22-7-23-41-58)72-68(59-42-24-8-25-43-59)50-63(54-32-14-3-15-33-54)51-69(72)60-44-26-9-27-45-60/h46-60H,1-45H2/q+1. The molecule has 3 aromatic carbocycles. The third-order valence-electron chi connectivity index (χ3n) is 22.6. The molecule has 3 aromatic rings. The van der Waals surface area contributed by atoms with Gasteiger partial charge < -0.3 is 0 Å². The quantitative estimate of drug-likeness (QED) is 0.159. The van der Waals surface area contributed by atoms with Crippen molar-refractivity contribution in [3.63, 3.8) is 0 Å². The number of hydrogen-bond donors (Lipinski definition) is 0. The average molecular weight is 1000 g/mol. The second kappa shape index (κ2) is 25.2. The van der Waals surface area contributed by atoms with Crippen molar-refractivity contribution in [2.24, 2.45) is 0 Å². The van der Waals surface area contributed by atoms with Crippen molar-refractivity contribution in [3.8, 4) is 0 Å². The van der Waals surface area contributed by atoms with Crippen LogP contribution in [-0.4, -0.2) is 0 Å². The maximum absolute atomic E-state index is 3.06. The summed E-state index contributed by atoms with van der Waals surface area (Å²) in [5.74, 6) is 6.64. The summed E-state index contributed by atoms with van der Waals surface area (Å²) in [6.45, 7) is 0. The van der Waals surface area contributed by atoms with Crippen LogP contribution >= 0.6 is 0 Å². The van der Waals surface area contributed by atoms with E-state index in [2.05, 4.69) is 36.4 Å². The van der Waals surface area contributed by atoms with Crippen molar-refractivity contribution in [2.45, 2.75) is 357 Å². The van der Waals surface area contributed by atoms with Gasteiger partial charge in [-0.15, -0.1) is 0 Å². The molecular weight excluding hydrogens is 897 g/mol. The normalized spacial score (nSPS) is 25.4. The van der Waals surface area contributed by atoms with E-state index >= 15 is 0 Å². The van der Waals surface area contributed by atoms with E-state index in [-0.39, 0.29) is 10.9 Å². The fourth-order valence-electron chi connectivity index (χ4n) is 18.4. The first kappa shape index (κ1) is 51.7. The molecule has 0 atom stereocenters. The van der Waals surface area contributed by atoms with E-state index in [1.807, 2.05) is 64.8 Å². The van der Waals surface area contributed by atoms with Crippen LogP contribution in [0.3, 0.4) is 0 Å². The van der Waals surface area contributed by atoms with Crippen molar-refractivity contribution >= 4 is 10.9 Å². The Morgan fingerprint density at radius 2 is 0.315 bits per heavy atom. The van der Waals surface area contributed by atoms with E-state index in [0.29, 0.717) is 0 Å². The molecule has 0 nitrogen and oxygen atoms in total. The highest BCUT2D eigenvalue weighted by Crippen LogP contribution is 2.58. The number of benzene rings is 3. The first-order valence-electron chi connectivity index (χ1n) is 33.5. The van der Waals surface area contributed by atoms with Crippen LogP contribution in [0.4, 0.5) is 0 Å². The third-order valence-corrected chi connectivity index (χ3v) is 25.3. The minimum absolute atomic E-state index is 0.134. The van der Waals surface area contributed by atoms with Crippen LogP contribution < -0.4 is 0 Å². The third kappa shape index (κ3) is 11.7. The first-order chi connectivity index (χ1) is 36.2. The van der Waals surface area contributed by atoms with Crippen molar-refractivity contribution in [3.05, 3.63) is 86.5 Å². The molecule has 0 unspecified atom stereocenters. The molecule has 0 heterocycles. The van der Waals surface area contributed by atoms with E-state index in [1.54, 1.807) is 0 Å². The van der Waals surface area contributed by atoms with E-state index in [1.165, 1.54) is 289 Å². The molecule has 0 saturated heterocycles. The molecule has 12 rings (SSSR count). The lowest BCUT2D eigenvalue weighted by molar-refractivity contribution is 0.416. The Balaban J connectivity index is 1.22. The second-order valence-corrected chi connectivity index (χ2v) is 29.2. The van der Waals surface area contributed by atoms with Gasteiger partial charge in [0.2, 0.25) is 0 Å². The summed E-state index contributed by atoms with van der Waals surface area (Å²) in [6.07, 6.45) is 64.8. The summed E-state index contributed by atoms with van der Waals surface area (Å²) in [6, 6.07) is 18.3. The van der Waals surface area contributed by atoms with Gasteiger partial charge in [0, 0.05) is 33.4 Å². The van der Waals surface area contributed by atoms with Gasteiger partial charge in [-0.05, 0) is 186 Å². The summed E-state index contributed by atoms with van der Waals surface area (Å²) in [4.78, 5) is 5.99. The lowest BCUT2D eigenvalue weighted by atomic mass is 9.75. The Hall–Kier alpha value is -1.99. The van der Waals surface area contributed by atoms with Gasteiger partial charge in [0.1, 0.15) is 10.9 Å². The SMILES string of the molecule is c1c(C2CCCCC2)cc(C2CCCCC2)c([S+](c2c(C3CCCCC3)cc(C3CCCCC3)cc2C2CCCCC2)c2c(C3CCCCC3)cc(C3CCCCC3)cc2C2CCCCC2)c1C1CCCCC1. The van der Waals surface area contributed by atoms with Crippen LogP contribution in [0.5, 0.6) is 0 Å². The lowest BCUT2D eigenvalue weighted by Crippen LogP contribution is -2.26. The van der Waals surface area contributed by atoms with Crippen LogP contribution in [0.1, 0.15) is 392 Å². The summed E-state index contributed by atoms with van der Waals surface area (Å²) in [5.41, 5.74) is 17.1. The van der Waals surface area contributed by atoms with E-state index in [9.17, 15) is 0 Å². The highest BCUT2D eigenvalue weighted by atomic mass is 32.2. The fraction of sp³-hybridized carbons (Fsp3) is 0.750. The monoisotopic (exact) mass is 1000 g/mol. The molecule has 0 radical (unpaired) electrons. The summed E-state index contributed by atoms with van der Waals surface area (Å²) < 4.78 is 0. The molecule has 9 aliphatic rings. The molecule has 0 bridgehead atoms. The molecule has 0 aromatic heterocycles. The smallest absolute Gasteiger partial charge is 0.0533 e. The first-order valence-corrected chi connectivity index (χ1v) is 34.7.